The van der Waals surface area contributed by atoms with Crippen LogP contribution < -0.4 is 4.57 Å². The van der Waals surface area contributed by atoms with Gasteiger partial charge in [0.25, 0.3) is 5.54 Å². The van der Waals surface area contributed by atoms with Crippen molar-refractivity contribution in [1.29, 1.82) is 0 Å². The third-order valence-electron chi connectivity index (χ3n) is 11.8. The zero-order valence-electron chi connectivity index (χ0n) is 26.4. The van der Waals surface area contributed by atoms with E-state index < -0.39 is 5.41 Å². The fraction of sp³-hybridized carbons (Fsp3) is 0.400. The van der Waals surface area contributed by atoms with Gasteiger partial charge in [0, 0.05) is 47.4 Å². The van der Waals surface area contributed by atoms with Crippen molar-refractivity contribution in [2.75, 3.05) is 0 Å². The summed E-state index contributed by atoms with van der Waals surface area (Å²) < 4.78 is 21.8. The van der Waals surface area contributed by atoms with Crippen LogP contribution in [0, 0.1) is 5.82 Å². The molecule has 0 fully saturated rings. The number of fused-ring (bicyclic) bond motifs is 4. The van der Waals surface area contributed by atoms with Crippen LogP contribution in [0.4, 0.5) is 4.39 Å². The SMILES string of the molecule is CCCCc1ccc2c3c4[n+](ccc13)C(CC)(CC)C1(Cc3ccccc3C3=[N+]1C=CCC3)c1ccc(F)c(c1-4)C2(C)C. The van der Waals surface area contributed by atoms with Crippen LogP contribution in [-0.4, -0.2) is 10.3 Å². The summed E-state index contributed by atoms with van der Waals surface area (Å²) >= 11 is 0. The topological polar surface area (TPSA) is 6.89 Å². The van der Waals surface area contributed by atoms with E-state index in [1.165, 1.54) is 62.8 Å². The van der Waals surface area contributed by atoms with E-state index in [4.69, 9.17) is 0 Å². The van der Waals surface area contributed by atoms with Gasteiger partial charge in [-0.25, -0.2) is 4.39 Å². The summed E-state index contributed by atoms with van der Waals surface area (Å²) in [6.45, 7) is 11.5. The van der Waals surface area contributed by atoms with Crippen LogP contribution in [-0.2, 0) is 29.3 Å². The normalized spacial score (nSPS) is 21.7. The van der Waals surface area contributed by atoms with Crippen LogP contribution in [0.15, 0.2) is 73.1 Å². The predicted molar refractivity (Wildman–Crippen MR) is 173 cm³/mol. The number of aryl methyl sites for hydroxylation is 1. The Balaban J connectivity index is 1.59. The van der Waals surface area contributed by atoms with Gasteiger partial charge in [0.15, 0.2) is 18.1 Å². The first-order valence-electron chi connectivity index (χ1n) is 16.6. The van der Waals surface area contributed by atoms with Gasteiger partial charge in [0.05, 0.1) is 17.4 Å². The van der Waals surface area contributed by atoms with Gasteiger partial charge < -0.3 is 0 Å². The molecule has 4 heterocycles. The van der Waals surface area contributed by atoms with Gasteiger partial charge in [-0.15, -0.1) is 0 Å². The van der Waals surface area contributed by atoms with Crippen molar-refractivity contribution in [3.8, 4) is 11.3 Å². The zero-order chi connectivity index (χ0) is 29.7. The Hall–Kier alpha value is -3.59. The van der Waals surface area contributed by atoms with Crippen LogP contribution in [0.2, 0.25) is 0 Å². The van der Waals surface area contributed by atoms with Crippen LogP contribution in [0.1, 0.15) is 107 Å². The molecule has 1 atom stereocenters. The van der Waals surface area contributed by atoms with Gasteiger partial charge in [0.1, 0.15) is 5.82 Å². The molecule has 3 aromatic carbocycles. The predicted octanol–water partition coefficient (Wildman–Crippen LogP) is 9.00. The molecule has 3 heteroatoms. The highest BCUT2D eigenvalue weighted by molar-refractivity contribution is 6.03. The molecule has 0 amide bonds. The van der Waals surface area contributed by atoms with Gasteiger partial charge in [0.2, 0.25) is 11.2 Å². The molecule has 43 heavy (non-hydrogen) atoms. The van der Waals surface area contributed by atoms with Crippen molar-refractivity contribution in [1.82, 2.24) is 0 Å². The minimum atomic E-state index is -0.459. The zero-order valence-corrected chi connectivity index (χ0v) is 26.4. The largest absolute Gasteiger partial charge is 0.261 e. The van der Waals surface area contributed by atoms with E-state index >= 15 is 4.39 Å². The van der Waals surface area contributed by atoms with Gasteiger partial charge >= 0.3 is 0 Å². The molecule has 1 unspecified atom stereocenters. The Bertz CT molecular complexity index is 1900. The van der Waals surface area contributed by atoms with Crippen molar-refractivity contribution in [3.05, 3.63) is 112 Å². The van der Waals surface area contributed by atoms with Gasteiger partial charge in [-0.3, -0.25) is 0 Å². The molecule has 0 saturated heterocycles. The second kappa shape index (κ2) is 9.21. The van der Waals surface area contributed by atoms with Crippen LogP contribution >= 0.6 is 0 Å². The van der Waals surface area contributed by atoms with E-state index in [2.05, 4.69) is 111 Å². The first-order chi connectivity index (χ1) is 20.9. The maximum atomic E-state index is 16.5. The van der Waals surface area contributed by atoms with Crippen molar-refractivity contribution in [2.45, 2.75) is 102 Å². The molecule has 1 aliphatic carbocycles. The summed E-state index contributed by atoms with van der Waals surface area (Å²) in [4.78, 5) is 0. The monoisotopic (exact) mass is 570 g/mol. The Morgan fingerprint density at radius 2 is 1.70 bits per heavy atom. The number of nitrogens with zero attached hydrogens (tertiary/aromatic N) is 2. The first kappa shape index (κ1) is 27.0. The highest BCUT2D eigenvalue weighted by Gasteiger charge is 2.72. The molecule has 8 rings (SSSR count). The van der Waals surface area contributed by atoms with Crippen molar-refractivity contribution < 1.29 is 13.5 Å². The second-order valence-electron chi connectivity index (χ2n) is 13.8. The summed E-state index contributed by atoms with van der Waals surface area (Å²) in [5.41, 5.74) is 10.4. The Morgan fingerprint density at radius 3 is 2.49 bits per heavy atom. The number of benzene rings is 3. The maximum Gasteiger partial charge on any atom is 0.261 e. The average molecular weight is 571 g/mol. The number of unbranched alkanes of at least 4 members (excludes halogenated alkanes) is 1. The number of hydrogen-bond acceptors (Lipinski definition) is 0. The van der Waals surface area contributed by atoms with Crippen molar-refractivity contribution in [3.63, 3.8) is 0 Å². The summed E-state index contributed by atoms with van der Waals surface area (Å²) in [5.74, 6) is -0.0849. The van der Waals surface area contributed by atoms with E-state index in [0.717, 1.165) is 49.7 Å². The molecular formula is C40H43FN2+2. The fourth-order valence-electron chi connectivity index (χ4n) is 9.86. The summed E-state index contributed by atoms with van der Waals surface area (Å²) in [6, 6.07) is 20.1. The molecule has 1 spiro atoms. The van der Waals surface area contributed by atoms with E-state index in [-0.39, 0.29) is 16.9 Å². The number of aromatic nitrogens is 1. The minimum Gasteiger partial charge on any atom is -0.207 e. The quantitative estimate of drug-likeness (QED) is 0.211. The Labute approximate surface area is 255 Å². The van der Waals surface area contributed by atoms with E-state index in [1.807, 2.05) is 0 Å². The fourth-order valence-corrected chi connectivity index (χ4v) is 9.86. The van der Waals surface area contributed by atoms with E-state index in [0.29, 0.717) is 0 Å². The molecule has 2 nitrogen and oxygen atoms in total. The standard InChI is InChI=1S/C40H43FN2/c1-6-9-14-26-18-19-30-34-29(26)22-24-43-37(34)35-31(20-21-32(41)36(35)38(30,4)5)40(39(43,7-2)8-3)25-27-15-10-11-16-28(27)33-17-12-13-23-42(33)40/h10-11,13,15-16,18-24H,6-9,12,14,17,25H2,1-5H3/q+2. The van der Waals surface area contributed by atoms with Crippen molar-refractivity contribution >= 4 is 16.5 Å². The number of pyridine rings is 1. The lowest BCUT2D eigenvalue weighted by Crippen LogP contribution is -2.74. The first-order valence-corrected chi connectivity index (χ1v) is 16.6. The van der Waals surface area contributed by atoms with E-state index in [9.17, 15) is 0 Å². The smallest absolute Gasteiger partial charge is 0.207 e. The van der Waals surface area contributed by atoms with Crippen molar-refractivity contribution in [2.24, 2.45) is 0 Å². The van der Waals surface area contributed by atoms with Gasteiger partial charge in [-0.05, 0) is 65.6 Å². The highest BCUT2D eigenvalue weighted by Crippen LogP contribution is 2.60. The molecule has 0 N–H and O–H groups in total. The number of rotatable bonds is 5. The molecule has 0 saturated carbocycles. The lowest BCUT2D eigenvalue weighted by molar-refractivity contribution is -0.815. The summed E-state index contributed by atoms with van der Waals surface area (Å²) in [6.07, 6.45) is 15.5. The molecule has 3 aliphatic heterocycles. The third kappa shape index (κ3) is 3.14. The molecule has 0 radical (unpaired) electrons. The van der Waals surface area contributed by atoms with E-state index in [1.54, 1.807) is 6.07 Å². The lowest BCUT2D eigenvalue weighted by Gasteiger charge is -2.50. The minimum absolute atomic E-state index is 0.0849. The average Bonchev–Trinajstić information content (AvgIpc) is 3.03. The second-order valence-corrected chi connectivity index (χ2v) is 13.8. The molecule has 218 valence electrons. The molecule has 0 bridgehead atoms. The number of halogens is 1. The van der Waals surface area contributed by atoms with Gasteiger partial charge in [-0.2, -0.15) is 9.14 Å². The van der Waals surface area contributed by atoms with Gasteiger partial charge in [-0.1, -0.05) is 71.4 Å². The lowest BCUT2D eigenvalue weighted by atomic mass is 9.56. The molecular weight excluding hydrogens is 527 g/mol. The Kier molecular flexibility index (Phi) is 5.78. The summed E-state index contributed by atoms with van der Waals surface area (Å²) in [7, 11) is 0. The number of allylic oxidation sites excluding steroid dienone is 1. The van der Waals surface area contributed by atoms with Crippen LogP contribution in [0.5, 0.6) is 0 Å². The number of hydrogen-bond donors (Lipinski definition) is 0. The molecule has 4 aromatic rings. The maximum absolute atomic E-state index is 16.5. The highest BCUT2D eigenvalue weighted by atomic mass is 19.1. The van der Waals surface area contributed by atoms with Crippen LogP contribution in [0.25, 0.3) is 22.0 Å². The summed E-state index contributed by atoms with van der Waals surface area (Å²) in [5, 5.41) is 2.69. The van der Waals surface area contributed by atoms with Crippen LogP contribution in [0.3, 0.4) is 0 Å². The molecule has 1 aromatic heterocycles. The third-order valence-corrected chi connectivity index (χ3v) is 11.8. The molecule has 4 aliphatic rings. The Morgan fingerprint density at radius 1 is 0.907 bits per heavy atom.